The van der Waals surface area contributed by atoms with Gasteiger partial charge in [-0.3, -0.25) is 4.79 Å². The second-order valence-electron chi connectivity index (χ2n) is 10.6. The topological polar surface area (TPSA) is 26.3 Å². The minimum Gasteiger partial charge on any atom is -0.494 e. The van der Waals surface area contributed by atoms with Crippen molar-refractivity contribution in [2.75, 3.05) is 6.61 Å². The van der Waals surface area contributed by atoms with Gasteiger partial charge < -0.3 is 4.74 Å². The molecule has 5 rings (SSSR count). The molecule has 2 nitrogen and oxygen atoms in total. The van der Waals surface area contributed by atoms with Crippen LogP contribution >= 0.6 is 0 Å². The van der Waals surface area contributed by atoms with Gasteiger partial charge in [0.1, 0.15) is 5.75 Å². The Kier molecular flexibility index (Phi) is 5.08. The fourth-order valence-corrected chi connectivity index (χ4v) is 8.01. The van der Waals surface area contributed by atoms with Gasteiger partial charge in [0.2, 0.25) is 0 Å². The van der Waals surface area contributed by atoms with E-state index in [9.17, 15) is 4.79 Å². The molecule has 1 aromatic carbocycles. The number of para-hydroxylation sites is 1. The molecule has 0 N–H and O–H groups in total. The van der Waals surface area contributed by atoms with E-state index in [1.165, 1.54) is 44.1 Å². The number of hydrogen-bond donors (Lipinski definition) is 0. The van der Waals surface area contributed by atoms with E-state index in [2.05, 4.69) is 38.1 Å². The van der Waals surface area contributed by atoms with Crippen LogP contribution in [0.15, 0.2) is 42.0 Å². The van der Waals surface area contributed by atoms with E-state index >= 15 is 0 Å². The first-order valence-corrected chi connectivity index (χ1v) is 12.0. The number of carbonyl (C=O) groups excluding carboxylic acids is 1. The maximum atomic E-state index is 12.0. The van der Waals surface area contributed by atoms with Crippen molar-refractivity contribution in [3.8, 4) is 5.75 Å². The van der Waals surface area contributed by atoms with Gasteiger partial charge in [0.05, 0.1) is 6.61 Å². The van der Waals surface area contributed by atoms with Gasteiger partial charge in [-0.15, -0.1) is 0 Å². The van der Waals surface area contributed by atoms with E-state index in [4.69, 9.17) is 4.74 Å². The molecule has 3 fully saturated rings. The van der Waals surface area contributed by atoms with Crippen molar-refractivity contribution >= 4 is 5.78 Å². The third-order valence-electron chi connectivity index (χ3n) is 9.32. The molecule has 0 bridgehead atoms. The predicted molar refractivity (Wildman–Crippen MR) is 117 cm³/mol. The Hall–Kier alpha value is -1.57. The summed E-state index contributed by atoms with van der Waals surface area (Å²) in [4.78, 5) is 12.0. The van der Waals surface area contributed by atoms with Crippen LogP contribution in [0.2, 0.25) is 0 Å². The molecule has 1 aromatic rings. The number of allylic oxidation sites excluding steroid dienone is 1. The summed E-state index contributed by atoms with van der Waals surface area (Å²) in [5, 5.41) is 0. The molecular weight excluding hydrogens is 356 g/mol. The SMILES string of the molecule is CC1CC2=CC(=O)CCC2C2CCC3(C)C(CC[C@@H]3CCOc3ccccc3)C12. The number of benzene rings is 1. The summed E-state index contributed by atoms with van der Waals surface area (Å²) in [6, 6.07) is 10.3. The molecule has 3 saturated carbocycles. The summed E-state index contributed by atoms with van der Waals surface area (Å²) in [6.07, 6.45) is 11.8. The highest BCUT2D eigenvalue weighted by Gasteiger charge is 2.57. The van der Waals surface area contributed by atoms with Crippen LogP contribution in [0, 0.1) is 40.9 Å². The van der Waals surface area contributed by atoms with Gasteiger partial charge in [0.25, 0.3) is 0 Å². The van der Waals surface area contributed by atoms with Crippen molar-refractivity contribution in [1.29, 1.82) is 0 Å². The number of ether oxygens (including phenoxy) is 1. The van der Waals surface area contributed by atoms with Crippen LogP contribution in [-0.4, -0.2) is 12.4 Å². The van der Waals surface area contributed by atoms with Crippen molar-refractivity contribution in [3.63, 3.8) is 0 Å². The lowest BCUT2D eigenvalue weighted by Gasteiger charge is -2.56. The average molecular weight is 393 g/mol. The second-order valence-corrected chi connectivity index (χ2v) is 10.6. The second kappa shape index (κ2) is 7.60. The Labute approximate surface area is 176 Å². The lowest BCUT2D eigenvalue weighted by atomic mass is 9.49. The third-order valence-corrected chi connectivity index (χ3v) is 9.32. The van der Waals surface area contributed by atoms with Gasteiger partial charge in [-0.25, -0.2) is 0 Å². The van der Waals surface area contributed by atoms with Crippen molar-refractivity contribution in [2.45, 2.75) is 65.2 Å². The molecule has 156 valence electrons. The number of fused-ring (bicyclic) bond motifs is 5. The van der Waals surface area contributed by atoms with E-state index < -0.39 is 0 Å². The average Bonchev–Trinajstić information content (AvgIpc) is 3.05. The molecule has 0 aromatic heterocycles. The van der Waals surface area contributed by atoms with Gasteiger partial charge in [-0.2, -0.15) is 0 Å². The van der Waals surface area contributed by atoms with Crippen LogP contribution in [0.3, 0.4) is 0 Å². The van der Waals surface area contributed by atoms with Gasteiger partial charge in [-0.05, 0) is 104 Å². The molecule has 0 amide bonds. The van der Waals surface area contributed by atoms with Crippen molar-refractivity contribution in [3.05, 3.63) is 42.0 Å². The van der Waals surface area contributed by atoms with E-state index in [1.54, 1.807) is 0 Å². The van der Waals surface area contributed by atoms with Crippen molar-refractivity contribution in [1.82, 2.24) is 0 Å². The van der Waals surface area contributed by atoms with Crippen molar-refractivity contribution in [2.24, 2.45) is 40.9 Å². The number of ketones is 1. The molecule has 2 heteroatoms. The predicted octanol–water partition coefficient (Wildman–Crippen LogP) is 6.46. The number of hydrogen-bond acceptors (Lipinski definition) is 2. The molecule has 4 aliphatic rings. The molecule has 7 atom stereocenters. The largest absolute Gasteiger partial charge is 0.494 e. The summed E-state index contributed by atoms with van der Waals surface area (Å²) < 4.78 is 6.06. The zero-order valence-electron chi connectivity index (χ0n) is 18.1. The third kappa shape index (κ3) is 3.37. The van der Waals surface area contributed by atoms with Gasteiger partial charge in [-0.1, -0.05) is 37.6 Å². The minimum atomic E-state index is 0.377. The molecule has 0 radical (unpaired) electrons. The van der Waals surface area contributed by atoms with Crippen LogP contribution in [0.4, 0.5) is 0 Å². The highest BCUT2D eigenvalue weighted by atomic mass is 16.5. The first-order valence-electron chi connectivity index (χ1n) is 12.0. The molecule has 0 saturated heterocycles. The van der Waals surface area contributed by atoms with Crippen LogP contribution in [0.1, 0.15) is 65.2 Å². The normalized spacial score (nSPS) is 41.2. The Morgan fingerprint density at radius 2 is 1.93 bits per heavy atom. The summed E-state index contributed by atoms with van der Waals surface area (Å²) in [5.41, 5.74) is 1.99. The Morgan fingerprint density at radius 3 is 2.76 bits per heavy atom. The van der Waals surface area contributed by atoms with E-state index in [0.717, 1.165) is 54.8 Å². The van der Waals surface area contributed by atoms with Crippen LogP contribution in [0.5, 0.6) is 5.75 Å². The lowest BCUT2D eigenvalue weighted by Crippen LogP contribution is -2.49. The highest BCUT2D eigenvalue weighted by molar-refractivity contribution is 5.91. The summed E-state index contributed by atoms with van der Waals surface area (Å²) in [5.74, 6) is 6.19. The lowest BCUT2D eigenvalue weighted by molar-refractivity contribution is -0.116. The zero-order valence-corrected chi connectivity index (χ0v) is 18.1. The quantitative estimate of drug-likeness (QED) is 0.588. The molecule has 0 heterocycles. The summed E-state index contributed by atoms with van der Waals surface area (Å²) >= 11 is 0. The number of rotatable bonds is 4. The Balaban J connectivity index is 1.29. The van der Waals surface area contributed by atoms with Gasteiger partial charge in [0.15, 0.2) is 5.78 Å². The van der Waals surface area contributed by atoms with Crippen LogP contribution < -0.4 is 4.74 Å². The van der Waals surface area contributed by atoms with E-state index in [1.807, 2.05) is 12.1 Å². The summed E-state index contributed by atoms with van der Waals surface area (Å²) in [6.45, 7) is 5.93. The van der Waals surface area contributed by atoms with E-state index in [-0.39, 0.29) is 0 Å². The fourth-order valence-electron chi connectivity index (χ4n) is 8.01. The first kappa shape index (κ1) is 19.4. The molecule has 6 unspecified atom stereocenters. The minimum absolute atomic E-state index is 0.377. The number of carbonyl (C=O) groups is 1. The molecule has 0 aliphatic heterocycles. The molecular formula is C27H36O2. The maximum absolute atomic E-state index is 12.0. The molecule has 0 spiro atoms. The highest BCUT2D eigenvalue weighted by Crippen LogP contribution is 2.65. The standard InChI is InChI=1S/C27H36O2/c1-18-16-19-17-21(28)9-10-23(19)24-12-14-27(2)20(8-11-25(27)26(18)24)13-15-29-22-6-4-3-5-7-22/h3-7,17-18,20,23-26H,8-16H2,1-2H3/t18?,20-,23?,24?,25?,26?,27?/m1/s1. The first-order chi connectivity index (χ1) is 14.1. The fraction of sp³-hybridized carbons (Fsp3) is 0.667. The molecule has 29 heavy (non-hydrogen) atoms. The van der Waals surface area contributed by atoms with Crippen molar-refractivity contribution < 1.29 is 9.53 Å². The monoisotopic (exact) mass is 392 g/mol. The Bertz CT molecular complexity index is 781. The van der Waals surface area contributed by atoms with Crippen LogP contribution in [0.25, 0.3) is 0 Å². The zero-order chi connectivity index (χ0) is 20.0. The summed E-state index contributed by atoms with van der Waals surface area (Å²) in [7, 11) is 0. The maximum Gasteiger partial charge on any atom is 0.155 e. The molecule has 4 aliphatic carbocycles. The van der Waals surface area contributed by atoms with Gasteiger partial charge in [0, 0.05) is 6.42 Å². The van der Waals surface area contributed by atoms with E-state index in [0.29, 0.717) is 17.1 Å². The van der Waals surface area contributed by atoms with Gasteiger partial charge >= 0.3 is 0 Å². The van der Waals surface area contributed by atoms with Crippen LogP contribution in [-0.2, 0) is 4.79 Å². The smallest absolute Gasteiger partial charge is 0.155 e. The Morgan fingerprint density at radius 1 is 1.10 bits per heavy atom.